The average Bonchev–Trinajstić information content (AvgIpc) is 1.64. The molecule has 0 unspecified atom stereocenters. The van der Waals surface area contributed by atoms with E-state index in [1.54, 1.807) is 0 Å². The minimum absolute atomic E-state index is 0.345. The maximum atomic E-state index is 5.40. The summed E-state index contributed by atoms with van der Waals surface area (Å²) in [5.74, 6) is 0. The minimum Gasteiger partial charge on any atom is -0.254 e. The number of rotatable bonds is 0. The van der Waals surface area contributed by atoms with Crippen molar-refractivity contribution < 1.29 is 11.6 Å². The number of nitrogens with zero attached hydrogens (tertiary/aromatic N) is 2. The van der Waals surface area contributed by atoms with Crippen molar-refractivity contribution in [2.75, 3.05) is 0 Å². The van der Waals surface area contributed by atoms with E-state index in [0.717, 1.165) is 0 Å². The molecule has 8 heavy (non-hydrogen) atoms. The topological polar surface area (TPSA) is 25.8 Å². The van der Waals surface area contributed by atoms with Gasteiger partial charge in [0.15, 0.2) is 16.8 Å². The molecule has 1 aromatic heterocycles. The van der Waals surface area contributed by atoms with Crippen LogP contribution in [-0.4, -0.2) is 9.97 Å². The molecule has 1 aromatic rings. The van der Waals surface area contributed by atoms with Crippen LogP contribution in [0.1, 0.15) is 0 Å². The van der Waals surface area contributed by atoms with Crippen LogP contribution in [0.5, 0.6) is 0 Å². The summed E-state index contributed by atoms with van der Waals surface area (Å²) in [6.45, 7) is 0. The Morgan fingerprint density at radius 2 is 2.25 bits per heavy atom. The molecule has 0 amide bonds. The zero-order chi connectivity index (χ0) is 5.98. The molecule has 0 fully saturated rings. The van der Waals surface area contributed by atoms with Crippen molar-refractivity contribution in [2.24, 2.45) is 0 Å². The molecule has 1 rings (SSSR count). The predicted molar refractivity (Wildman–Crippen MR) is 27.6 cm³/mol. The largest absolute Gasteiger partial charge is 0.337 e. The second-order valence-corrected chi connectivity index (χ2v) is 1.99. The van der Waals surface area contributed by atoms with Crippen molar-refractivity contribution in [3.05, 3.63) is 22.7 Å². The van der Waals surface area contributed by atoms with E-state index in [4.69, 9.17) is 11.6 Å². The van der Waals surface area contributed by atoms with Gasteiger partial charge in [-0.05, 0) is 0 Å². The standard InChI is InChI=1S/C4H3Cl2N2/c5-3-1-7-2-4(6)8-3/h1-2,5H/q+1. The zero-order valence-corrected chi connectivity index (χ0v) is 5.41. The van der Waals surface area contributed by atoms with E-state index in [9.17, 15) is 0 Å². The van der Waals surface area contributed by atoms with Crippen molar-refractivity contribution in [3.63, 3.8) is 0 Å². The molecular formula is C4H3Cl2N2+. The van der Waals surface area contributed by atoms with E-state index in [1.807, 2.05) is 0 Å². The Hall–Kier alpha value is -0.340. The van der Waals surface area contributed by atoms with Crippen LogP contribution >= 0.6 is 11.6 Å². The first-order valence-corrected chi connectivity index (χ1v) is 2.72. The highest BCUT2D eigenvalue weighted by atomic mass is 35.5. The van der Waals surface area contributed by atoms with Gasteiger partial charge in [-0.3, -0.25) is 4.98 Å². The van der Waals surface area contributed by atoms with E-state index in [2.05, 4.69) is 21.6 Å². The highest BCUT2D eigenvalue weighted by Crippen LogP contribution is 2.00. The van der Waals surface area contributed by atoms with E-state index in [1.165, 1.54) is 12.4 Å². The lowest BCUT2D eigenvalue weighted by atomic mass is 10.8. The van der Waals surface area contributed by atoms with Gasteiger partial charge in [-0.2, -0.15) is 4.98 Å². The lowest BCUT2D eigenvalue weighted by Crippen LogP contribution is -1.79. The van der Waals surface area contributed by atoms with E-state index in [-0.39, 0.29) is 0 Å². The Bertz CT molecular complexity index is 172. The van der Waals surface area contributed by atoms with Crippen LogP contribution in [0.4, 0.5) is 0 Å². The second-order valence-electron chi connectivity index (χ2n) is 1.18. The first kappa shape index (κ1) is 5.79. The molecule has 0 N–H and O–H groups in total. The summed E-state index contributed by atoms with van der Waals surface area (Å²) in [5.41, 5.74) is 0. The Morgan fingerprint density at radius 3 is 2.62 bits per heavy atom. The summed E-state index contributed by atoms with van der Waals surface area (Å²) in [6, 6.07) is 0. The van der Waals surface area contributed by atoms with E-state index in [0.29, 0.717) is 10.3 Å². The van der Waals surface area contributed by atoms with Gasteiger partial charge < -0.3 is 0 Å². The Labute approximate surface area is 56.5 Å². The van der Waals surface area contributed by atoms with Crippen molar-refractivity contribution in [2.45, 2.75) is 0 Å². The molecule has 42 valence electrons. The molecule has 0 spiro atoms. The third-order valence-electron chi connectivity index (χ3n) is 0.583. The van der Waals surface area contributed by atoms with Crippen LogP contribution in [0.2, 0.25) is 10.3 Å². The summed E-state index contributed by atoms with van der Waals surface area (Å²) in [5, 5.41) is 0.773. The molecule has 4 heteroatoms. The van der Waals surface area contributed by atoms with Crippen molar-refractivity contribution in [1.29, 1.82) is 0 Å². The van der Waals surface area contributed by atoms with Crippen LogP contribution in [0.25, 0.3) is 0 Å². The quantitative estimate of drug-likeness (QED) is 0.547. The lowest BCUT2D eigenvalue weighted by molar-refractivity contribution is -0.296. The molecule has 0 aliphatic rings. The fourth-order valence-corrected chi connectivity index (χ4v) is 0.682. The van der Waals surface area contributed by atoms with Gasteiger partial charge in [0.05, 0.1) is 6.20 Å². The summed E-state index contributed by atoms with van der Waals surface area (Å²) in [4.78, 5) is 7.38. The first-order valence-electron chi connectivity index (χ1n) is 1.93. The molecule has 0 bridgehead atoms. The fourth-order valence-electron chi connectivity index (χ4n) is 0.326. The van der Waals surface area contributed by atoms with Gasteiger partial charge >= 0.3 is 5.15 Å². The number of aromatic nitrogens is 2. The molecule has 1 heterocycles. The maximum absolute atomic E-state index is 5.40. The molecule has 0 saturated carbocycles. The molecule has 0 aliphatic heterocycles. The molecule has 0 aromatic carbocycles. The third kappa shape index (κ3) is 1.32. The van der Waals surface area contributed by atoms with Gasteiger partial charge in [0, 0.05) is 0 Å². The van der Waals surface area contributed by atoms with Gasteiger partial charge in [0.1, 0.15) is 6.20 Å². The number of hydrogen-bond acceptors (Lipinski definition) is 2. The molecule has 0 aliphatic carbocycles. The molecule has 0 atom stereocenters. The molecule has 0 radical (unpaired) electrons. The monoisotopic (exact) mass is 149 g/mol. The van der Waals surface area contributed by atoms with Gasteiger partial charge in [0.25, 0.3) is 0 Å². The highest BCUT2D eigenvalue weighted by molar-refractivity contribution is 6.29. The minimum atomic E-state index is 0.345. The fraction of sp³-hybridized carbons (Fsp3) is 0. The second kappa shape index (κ2) is 2.29. The first-order chi connectivity index (χ1) is 3.79. The van der Waals surface area contributed by atoms with Crippen LogP contribution in [-0.2, 0) is 0 Å². The van der Waals surface area contributed by atoms with Gasteiger partial charge in [-0.1, -0.05) is 11.6 Å². The third-order valence-corrected chi connectivity index (χ3v) is 0.962. The molecular weight excluding hydrogens is 147 g/mol. The number of halogens is 2. The van der Waals surface area contributed by atoms with Crippen molar-refractivity contribution in [3.8, 4) is 0 Å². The van der Waals surface area contributed by atoms with Crippen LogP contribution in [0, 0.1) is 11.6 Å². The number of hydrogen-bond donors (Lipinski definition) is 0. The highest BCUT2D eigenvalue weighted by Gasteiger charge is 1.96. The van der Waals surface area contributed by atoms with E-state index >= 15 is 0 Å². The van der Waals surface area contributed by atoms with Gasteiger partial charge in [-0.25, -0.2) is 0 Å². The normalized spacial score (nSPS) is 9.25. The summed E-state index contributed by atoms with van der Waals surface area (Å²) in [6.07, 6.45) is 2.92. The predicted octanol–water partition coefficient (Wildman–Crippen LogP) is 0.826. The lowest BCUT2D eigenvalue weighted by Gasteiger charge is -1.79. The summed E-state index contributed by atoms with van der Waals surface area (Å²) in [7, 11) is 0. The Morgan fingerprint density at radius 1 is 1.50 bits per heavy atom. The average molecular weight is 150 g/mol. The van der Waals surface area contributed by atoms with E-state index < -0.39 is 0 Å². The van der Waals surface area contributed by atoms with Crippen molar-refractivity contribution >= 4 is 11.6 Å². The van der Waals surface area contributed by atoms with Crippen LogP contribution < -0.4 is 0 Å². The Kier molecular flexibility index (Phi) is 1.65. The summed E-state index contributed by atoms with van der Waals surface area (Å²) < 4.78 is 0. The SMILES string of the molecule is Clc1cncc([ClH+])n1. The Balaban J connectivity index is 3.08. The van der Waals surface area contributed by atoms with Crippen molar-refractivity contribution in [1.82, 2.24) is 9.97 Å². The summed E-state index contributed by atoms with van der Waals surface area (Å²) >= 11 is 10.0. The molecule has 0 saturated heterocycles. The van der Waals surface area contributed by atoms with Crippen LogP contribution in [0.3, 0.4) is 0 Å². The maximum Gasteiger partial charge on any atom is 0.337 e. The molecule has 2 nitrogen and oxygen atoms in total. The van der Waals surface area contributed by atoms with Gasteiger partial charge in [0.2, 0.25) is 0 Å². The smallest absolute Gasteiger partial charge is 0.254 e. The van der Waals surface area contributed by atoms with Gasteiger partial charge in [-0.15, -0.1) is 0 Å². The van der Waals surface area contributed by atoms with Crippen LogP contribution in [0.15, 0.2) is 12.4 Å². The zero-order valence-electron chi connectivity index (χ0n) is 3.84.